The van der Waals surface area contributed by atoms with Crippen LogP contribution >= 0.6 is 0 Å². The predicted molar refractivity (Wildman–Crippen MR) is 114 cm³/mol. The van der Waals surface area contributed by atoms with E-state index in [1.54, 1.807) is 4.90 Å². The number of rotatable bonds is 7. The number of methoxy groups -OCH3 is 1. The molecule has 1 amide bonds. The molecule has 0 radical (unpaired) electrons. The molecule has 1 aliphatic carbocycles. The summed E-state index contributed by atoms with van der Waals surface area (Å²) in [6.07, 6.45) is 4.24. The molecule has 2 aliphatic rings. The van der Waals surface area contributed by atoms with Crippen molar-refractivity contribution in [3.8, 4) is 0 Å². The number of hydrogen-bond donors (Lipinski definition) is 1. The second-order valence-electron chi connectivity index (χ2n) is 8.25. The Balaban J connectivity index is 1.58. The molecule has 1 aliphatic heterocycles. The van der Waals surface area contributed by atoms with Crippen LogP contribution in [0.3, 0.4) is 0 Å². The minimum atomic E-state index is -3.60. The highest BCUT2D eigenvalue weighted by Crippen LogP contribution is 2.34. The number of benzene rings is 1. The molecule has 0 aromatic heterocycles. The maximum absolute atomic E-state index is 12.3. The molecule has 2 atom stereocenters. The second-order valence-corrected chi connectivity index (χ2v) is 10.2. The van der Waals surface area contributed by atoms with Gasteiger partial charge in [-0.15, -0.1) is 0 Å². The number of carbonyl (C=O) groups excluding carboxylic acids is 1. The summed E-state index contributed by atoms with van der Waals surface area (Å²) in [6, 6.07) is 9.76. The van der Waals surface area contributed by atoms with Gasteiger partial charge in [-0.3, -0.25) is 0 Å². The van der Waals surface area contributed by atoms with Crippen molar-refractivity contribution in [2.45, 2.75) is 56.2 Å². The Morgan fingerprint density at radius 1 is 1.13 bits per heavy atom. The van der Waals surface area contributed by atoms with Crippen LogP contribution in [0, 0.1) is 0 Å². The molecule has 0 unspecified atom stereocenters. The van der Waals surface area contributed by atoms with E-state index in [1.165, 1.54) is 26.8 Å². The predicted octanol–water partition coefficient (Wildman–Crippen LogP) is 2.33. The smallest absolute Gasteiger partial charge is 0.409 e. The van der Waals surface area contributed by atoms with Crippen molar-refractivity contribution in [3.63, 3.8) is 0 Å². The van der Waals surface area contributed by atoms with E-state index >= 15 is 0 Å². The molecular weight excluding hydrogens is 406 g/mol. The monoisotopic (exact) mass is 439 g/mol. The average molecular weight is 440 g/mol. The molecule has 2 fully saturated rings. The average Bonchev–Trinajstić information content (AvgIpc) is 3.14. The molecule has 1 aromatic rings. The van der Waals surface area contributed by atoms with E-state index in [0.29, 0.717) is 18.9 Å². The van der Waals surface area contributed by atoms with Gasteiger partial charge in [-0.05, 0) is 43.6 Å². The largest absolute Gasteiger partial charge is 0.453 e. The van der Waals surface area contributed by atoms with Crippen molar-refractivity contribution >= 4 is 16.3 Å². The molecule has 0 bridgehead atoms. The molecule has 9 heteroatoms. The minimum Gasteiger partial charge on any atom is -0.453 e. The third-order valence-electron chi connectivity index (χ3n) is 6.18. The van der Waals surface area contributed by atoms with Gasteiger partial charge in [0.2, 0.25) is 0 Å². The molecule has 30 heavy (non-hydrogen) atoms. The maximum Gasteiger partial charge on any atom is 0.409 e. The zero-order valence-electron chi connectivity index (χ0n) is 18.0. The van der Waals surface area contributed by atoms with Gasteiger partial charge in [-0.25, -0.2) is 4.79 Å². The van der Waals surface area contributed by atoms with Gasteiger partial charge in [0.1, 0.15) is 0 Å². The lowest BCUT2D eigenvalue weighted by atomic mass is 9.83. The Kier molecular flexibility index (Phi) is 7.73. The van der Waals surface area contributed by atoms with E-state index in [4.69, 9.17) is 9.47 Å². The van der Waals surface area contributed by atoms with Crippen LogP contribution in [0.25, 0.3) is 0 Å². The quantitative estimate of drug-likeness (QED) is 0.705. The van der Waals surface area contributed by atoms with Crippen LogP contribution < -0.4 is 4.72 Å². The summed E-state index contributed by atoms with van der Waals surface area (Å²) in [7, 11) is 0.690. The number of carbonyl (C=O) groups is 1. The molecule has 1 N–H and O–H groups in total. The Bertz CT molecular complexity index is 794. The van der Waals surface area contributed by atoms with Gasteiger partial charge < -0.3 is 14.4 Å². The Labute approximate surface area is 179 Å². The summed E-state index contributed by atoms with van der Waals surface area (Å²) in [5.74, 6) is 0.559. The van der Waals surface area contributed by atoms with Crippen molar-refractivity contribution in [3.05, 3.63) is 35.9 Å². The van der Waals surface area contributed by atoms with Crippen LogP contribution in [0.5, 0.6) is 0 Å². The van der Waals surface area contributed by atoms with E-state index in [-0.39, 0.29) is 18.8 Å². The van der Waals surface area contributed by atoms with E-state index in [0.717, 1.165) is 30.0 Å². The standard InChI is InChI=1S/C21H33N3O5S/c1-23(2)30(26,27)22-19-13-14-24(21(25)28-3)20(19)15-29-18-11-9-17(10-12-18)16-7-5-4-6-8-16/h4-8,17-20,22H,9-15H2,1-3H3/t17-,18+,19-,20-/m0/s1. The highest BCUT2D eigenvalue weighted by atomic mass is 32.2. The molecule has 168 valence electrons. The number of likely N-dealkylation sites (tertiary alicyclic amines) is 1. The van der Waals surface area contributed by atoms with E-state index in [1.807, 2.05) is 6.07 Å². The zero-order valence-corrected chi connectivity index (χ0v) is 18.8. The fourth-order valence-electron chi connectivity index (χ4n) is 4.36. The fraction of sp³-hybridized carbons (Fsp3) is 0.667. The number of amides is 1. The summed E-state index contributed by atoms with van der Waals surface area (Å²) in [5.41, 5.74) is 1.38. The number of nitrogens with one attached hydrogen (secondary N) is 1. The lowest BCUT2D eigenvalue weighted by Crippen LogP contribution is -2.51. The molecule has 1 heterocycles. The van der Waals surface area contributed by atoms with Crippen LogP contribution in [0.4, 0.5) is 4.79 Å². The summed E-state index contributed by atoms with van der Waals surface area (Å²) < 4.78 is 39.5. The molecule has 1 aromatic carbocycles. The SMILES string of the molecule is COC(=O)N1CC[C@H](NS(=O)(=O)N(C)C)[C@@H]1CO[C@H]1CC[C@@H](c2ccccc2)CC1. The van der Waals surface area contributed by atoms with Crippen LogP contribution in [-0.2, 0) is 19.7 Å². The lowest BCUT2D eigenvalue weighted by molar-refractivity contribution is -0.00540. The molecule has 3 rings (SSSR count). The first kappa shape index (κ1) is 23.0. The minimum absolute atomic E-state index is 0.121. The molecule has 1 saturated heterocycles. The number of nitrogens with zero attached hydrogens (tertiary/aromatic N) is 2. The molecule has 1 saturated carbocycles. The van der Waals surface area contributed by atoms with Crippen LogP contribution in [-0.4, -0.2) is 76.3 Å². The van der Waals surface area contributed by atoms with Gasteiger partial charge in [0, 0.05) is 26.7 Å². The highest BCUT2D eigenvalue weighted by molar-refractivity contribution is 7.87. The van der Waals surface area contributed by atoms with Crippen LogP contribution in [0.15, 0.2) is 30.3 Å². The summed E-state index contributed by atoms with van der Waals surface area (Å²) in [5, 5.41) is 0. The molecule has 8 nitrogen and oxygen atoms in total. The van der Waals surface area contributed by atoms with Gasteiger partial charge >= 0.3 is 6.09 Å². The first-order chi connectivity index (χ1) is 14.3. The molecule has 0 spiro atoms. The van der Waals surface area contributed by atoms with Crippen molar-refractivity contribution in [2.75, 3.05) is 34.4 Å². The van der Waals surface area contributed by atoms with E-state index in [2.05, 4.69) is 29.0 Å². The normalized spacial score (nSPS) is 27.4. The third-order valence-corrected chi connectivity index (χ3v) is 7.75. The Hall–Kier alpha value is -1.68. The van der Waals surface area contributed by atoms with Gasteiger partial charge in [0.25, 0.3) is 10.2 Å². The van der Waals surface area contributed by atoms with Gasteiger partial charge in [-0.1, -0.05) is 30.3 Å². The van der Waals surface area contributed by atoms with Crippen molar-refractivity contribution < 1.29 is 22.7 Å². The van der Waals surface area contributed by atoms with Crippen molar-refractivity contribution in [2.24, 2.45) is 0 Å². The Morgan fingerprint density at radius 2 is 1.80 bits per heavy atom. The van der Waals surface area contributed by atoms with Gasteiger partial charge in [-0.2, -0.15) is 17.4 Å². The highest BCUT2D eigenvalue weighted by Gasteiger charge is 2.40. The van der Waals surface area contributed by atoms with Crippen LogP contribution in [0.1, 0.15) is 43.6 Å². The summed E-state index contributed by atoms with van der Waals surface area (Å²) in [4.78, 5) is 13.7. The number of hydrogen-bond acceptors (Lipinski definition) is 5. The van der Waals surface area contributed by atoms with Gasteiger partial charge in [0.15, 0.2) is 0 Å². The summed E-state index contributed by atoms with van der Waals surface area (Å²) in [6.45, 7) is 0.721. The first-order valence-electron chi connectivity index (χ1n) is 10.5. The molecular formula is C21H33N3O5S. The van der Waals surface area contributed by atoms with E-state index < -0.39 is 22.3 Å². The summed E-state index contributed by atoms with van der Waals surface area (Å²) >= 11 is 0. The zero-order chi connectivity index (χ0) is 21.7. The van der Waals surface area contributed by atoms with E-state index in [9.17, 15) is 13.2 Å². The second kappa shape index (κ2) is 10.1. The Morgan fingerprint density at radius 3 is 2.40 bits per heavy atom. The fourth-order valence-corrected chi connectivity index (χ4v) is 5.23. The van der Waals surface area contributed by atoms with Crippen LogP contribution in [0.2, 0.25) is 0 Å². The lowest BCUT2D eigenvalue weighted by Gasteiger charge is -2.32. The van der Waals surface area contributed by atoms with Crippen molar-refractivity contribution in [1.82, 2.24) is 13.9 Å². The maximum atomic E-state index is 12.3. The third kappa shape index (κ3) is 5.51. The first-order valence-corrected chi connectivity index (χ1v) is 12.0. The van der Waals surface area contributed by atoms with Gasteiger partial charge in [0.05, 0.1) is 25.9 Å². The van der Waals surface area contributed by atoms with Crippen molar-refractivity contribution in [1.29, 1.82) is 0 Å². The number of ether oxygens (including phenoxy) is 2. The topological polar surface area (TPSA) is 88.2 Å².